The van der Waals surface area contributed by atoms with Crippen LogP contribution in [0.15, 0.2) is 212 Å². The van der Waals surface area contributed by atoms with Crippen molar-refractivity contribution in [3.05, 3.63) is 224 Å². The molecule has 1 aliphatic rings. The van der Waals surface area contributed by atoms with Crippen LogP contribution in [0.3, 0.4) is 0 Å². The Kier molecular flexibility index (Phi) is 9.30. The molecule has 0 bridgehead atoms. The number of hydrogen-bond donors (Lipinski definition) is 0. The van der Waals surface area contributed by atoms with Gasteiger partial charge in [0.2, 0.25) is 0 Å². The van der Waals surface area contributed by atoms with Gasteiger partial charge in [0.15, 0.2) is 0 Å². The highest BCUT2D eigenvalue weighted by Crippen LogP contribution is 2.48. The second kappa shape index (κ2) is 15.1. The largest absolute Gasteiger partial charge is 0.311 e. The number of aromatic nitrogens is 2. The zero-order valence-corrected chi connectivity index (χ0v) is 34.5. The Hall–Kier alpha value is -7.36. The highest BCUT2D eigenvalue weighted by Gasteiger charge is 2.38. The Labute approximate surface area is 353 Å². The normalized spacial score (nSPS) is 12.5. The lowest BCUT2D eigenvalue weighted by Crippen LogP contribution is -2.15. The first-order valence-corrected chi connectivity index (χ1v) is 21.1. The number of nitrogens with zero attached hydrogens (tertiary/aromatic N) is 3. The van der Waals surface area contributed by atoms with Crippen molar-refractivity contribution >= 4 is 39.0 Å². The number of anilines is 3. The molecule has 0 amide bonds. The summed E-state index contributed by atoms with van der Waals surface area (Å²) in [4.78, 5) is 2.34. The molecular formula is C57H47N3. The zero-order chi connectivity index (χ0) is 40.8. The fraction of sp³-hybridized carbons (Fsp3) is 0.0877. The molecular weight excluding hydrogens is 727 g/mol. The molecule has 0 spiro atoms. The van der Waals surface area contributed by atoms with Gasteiger partial charge in [0, 0.05) is 44.6 Å². The molecule has 1 aliphatic heterocycles. The van der Waals surface area contributed by atoms with Crippen LogP contribution in [0.2, 0.25) is 0 Å². The molecule has 10 aromatic rings. The fourth-order valence-corrected chi connectivity index (χ4v) is 9.15. The van der Waals surface area contributed by atoms with Gasteiger partial charge >= 0.3 is 0 Å². The number of benzene rings is 8. The SMILES string of the molecule is CC.CC1(C)c2ccccc2-n2c1cc1c3ccccc3n(-c3ccc(-c4ccc(N(c5ccc(-c6ccccc6)cc5)c5ccc(-c6ccccc6)cc5)cc4)cc3)c12. The van der Waals surface area contributed by atoms with E-state index in [2.05, 4.69) is 240 Å². The molecule has 0 saturated heterocycles. The Balaban J connectivity index is 0.00000213. The van der Waals surface area contributed by atoms with Crippen LogP contribution in [-0.4, -0.2) is 9.13 Å². The lowest BCUT2D eigenvalue weighted by molar-refractivity contribution is 0.644. The second-order valence-electron chi connectivity index (χ2n) is 15.9. The average Bonchev–Trinajstić information content (AvgIpc) is 3.94. The molecule has 3 nitrogen and oxygen atoms in total. The lowest BCUT2D eigenvalue weighted by Gasteiger charge is -2.26. The predicted molar refractivity (Wildman–Crippen MR) is 255 cm³/mol. The van der Waals surface area contributed by atoms with E-state index in [0.717, 1.165) is 22.7 Å². The van der Waals surface area contributed by atoms with Gasteiger partial charge < -0.3 is 4.90 Å². The molecule has 0 aliphatic carbocycles. The Bertz CT molecular complexity index is 3000. The number of hydrogen-bond acceptors (Lipinski definition) is 1. The third kappa shape index (κ3) is 6.13. The van der Waals surface area contributed by atoms with E-state index in [4.69, 9.17) is 0 Å². The van der Waals surface area contributed by atoms with E-state index in [9.17, 15) is 0 Å². The minimum Gasteiger partial charge on any atom is -0.311 e. The molecule has 11 rings (SSSR count). The van der Waals surface area contributed by atoms with Gasteiger partial charge in [0.05, 0.1) is 11.2 Å². The van der Waals surface area contributed by atoms with Gasteiger partial charge in [-0.15, -0.1) is 0 Å². The number of rotatable bonds is 7. The maximum atomic E-state index is 2.49. The van der Waals surface area contributed by atoms with Crippen LogP contribution in [0, 0.1) is 0 Å². The summed E-state index contributed by atoms with van der Waals surface area (Å²) in [5.74, 6) is 0. The van der Waals surface area contributed by atoms with E-state index >= 15 is 0 Å². The second-order valence-corrected chi connectivity index (χ2v) is 15.9. The van der Waals surface area contributed by atoms with E-state index < -0.39 is 0 Å². The number of para-hydroxylation sites is 2. The van der Waals surface area contributed by atoms with Crippen molar-refractivity contribution in [3.8, 4) is 44.8 Å². The first-order valence-electron chi connectivity index (χ1n) is 21.1. The molecule has 3 heterocycles. The van der Waals surface area contributed by atoms with Gasteiger partial charge in [-0.25, -0.2) is 0 Å². The van der Waals surface area contributed by atoms with Gasteiger partial charge in [-0.05, 0) is 106 Å². The molecule has 0 radical (unpaired) electrons. The van der Waals surface area contributed by atoms with Crippen molar-refractivity contribution in [2.75, 3.05) is 4.90 Å². The highest BCUT2D eigenvalue weighted by molar-refractivity contribution is 6.10. The van der Waals surface area contributed by atoms with Crippen LogP contribution in [0.5, 0.6) is 0 Å². The topological polar surface area (TPSA) is 13.1 Å². The Morgan fingerprint density at radius 1 is 0.383 bits per heavy atom. The molecule has 0 saturated carbocycles. The third-order valence-corrected chi connectivity index (χ3v) is 12.1. The van der Waals surface area contributed by atoms with Crippen molar-refractivity contribution in [1.29, 1.82) is 0 Å². The fourth-order valence-electron chi connectivity index (χ4n) is 9.15. The van der Waals surface area contributed by atoms with Crippen LogP contribution < -0.4 is 4.90 Å². The smallest absolute Gasteiger partial charge is 0.130 e. The average molecular weight is 774 g/mol. The first kappa shape index (κ1) is 36.9. The van der Waals surface area contributed by atoms with E-state index in [1.807, 2.05) is 13.8 Å². The van der Waals surface area contributed by atoms with Gasteiger partial charge in [-0.1, -0.05) is 173 Å². The summed E-state index contributed by atoms with van der Waals surface area (Å²) in [5.41, 5.74) is 18.0. The molecule has 290 valence electrons. The van der Waals surface area contributed by atoms with Crippen LogP contribution in [0.4, 0.5) is 17.1 Å². The van der Waals surface area contributed by atoms with Gasteiger partial charge in [-0.2, -0.15) is 0 Å². The number of fused-ring (bicyclic) bond motifs is 7. The zero-order valence-electron chi connectivity index (χ0n) is 34.5. The Morgan fingerprint density at radius 3 is 1.32 bits per heavy atom. The van der Waals surface area contributed by atoms with Crippen LogP contribution in [-0.2, 0) is 5.41 Å². The van der Waals surface area contributed by atoms with Crippen LogP contribution in [0.25, 0.3) is 66.7 Å². The van der Waals surface area contributed by atoms with Gasteiger partial charge in [0.1, 0.15) is 5.65 Å². The summed E-state index contributed by atoms with van der Waals surface area (Å²) in [7, 11) is 0. The van der Waals surface area contributed by atoms with Crippen LogP contribution >= 0.6 is 0 Å². The predicted octanol–water partition coefficient (Wildman–Crippen LogP) is 15.7. The summed E-state index contributed by atoms with van der Waals surface area (Å²) in [5, 5.41) is 2.57. The summed E-state index contributed by atoms with van der Waals surface area (Å²) in [6.07, 6.45) is 0. The summed E-state index contributed by atoms with van der Waals surface area (Å²) >= 11 is 0. The van der Waals surface area contributed by atoms with Crippen LogP contribution in [0.1, 0.15) is 39.0 Å². The summed E-state index contributed by atoms with van der Waals surface area (Å²) in [6, 6.07) is 77.0. The van der Waals surface area contributed by atoms with E-state index in [-0.39, 0.29) is 5.41 Å². The highest BCUT2D eigenvalue weighted by atomic mass is 15.2. The molecule has 8 aromatic carbocycles. The molecule has 0 atom stereocenters. The van der Waals surface area contributed by atoms with Crippen molar-refractivity contribution in [1.82, 2.24) is 9.13 Å². The van der Waals surface area contributed by atoms with Gasteiger partial charge in [0.25, 0.3) is 0 Å². The standard InChI is InChI=1S/C55H41N3.C2H6/c1-55(2)50-18-10-12-20-52(50)58-53(55)37-49-48-17-9-11-19-51(48)57(54(49)58)47-35-27-43(28-36-47)42-25-33-46(34-26-42)56(44-29-21-40(22-30-44)38-13-5-3-6-14-38)45-31-23-41(24-32-45)39-15-7-4-8-16-39;1-2/h3-37H,1-2H3;1-2H3. The summed E-state index contributed by atoms with van der Waals surface area (Å²) in [6.45, 7) is 8.69. The van der Waals surface area contributed by atoms with Crippen molar-refractivity contribution in [3.63, 3.8) is 0 Å². The van der Waals surface area contributed by atoms with Crippen molar-refractivity contribution < 1.29 is 0 Å². The van der Waals surface area contributed by atoms with E-state index in [0.29, 0.717) is 0 Å². The first-order chi connectivity index (χ1) is 29.5. The molecule has 0 N–H and O–H groups in total. The minimum atomic E-state index is -0.0790. The minimum absolute atomic E-state index is 0.0790. The molecule has 2 aromatic heterocycles. The van der Waals surface area contributed by atoms with Gasteiger partial charge in [-0.3, -0.25) is 9.13 Å². The maximum absolute atomic E-state index is 2.49. The van der Waals surface area contributed by atoms with E-state index in [1.54, 1.807) is 0 Å². The Morgan fingerprint density at radius 2 is 0.800 bits per heavy atom. The van der Waals surface area contributed by atoms with Crippen molar-refractivity contribution in [2.24, 2.45) is 0 Å². The molecule has 60 heavy (non-hydrogen) atoms. The molecule has 0 fully saturated rings. The van der Waals surface area contributed by atoms with Crippen molar-refractivity contribution in [2.45, 2.75) is 33.1 Å². The monoisotopic (exact) mass is 773 g/mol. The quantitative estimate of drug-likeness (QED) is 0.157. The van der Waals surface area contributed by atoms with E-state index in [1.165, 1.54) is 72.3 Å². The molecule has 3 heteroatoms. The molecule has 0 unspecified atom stereocenters. The lowest BCUT2D eigenvalue weighted by atomic mass is 9.83. The maximum Gasteiger partial charge on any atom is 0.130 e. The summed E-state index contributed by atoms with van der Waals surface area (Å²) < 4.78 is 4.94. The third-order valence-electron chi connectivity index (χ3n) is 12.1.